The molecule has 4 rings (SSSR count). The molecule has 1 atom stereocenters. The first kappa shape index (κ1) is 19.3. The Labute approximate surface area is 173 Å². The van der Waals surface area contributed by atoms with Crippen molar-refractivity contribution in [1.29, 1.82) is 0 Å². The van der Waals surface area contributed by atoms with E-state index in [4.69, 9.17) is 0 Å². The highest BCUT2D eigenvalue weighted by atomic mass is 32.1. The van der Waals surface area contributed by atoms with Gasteiger partial charge in [0.1, 0.15) is 10.8 Å². The summed E-state index contributed by atoms with van der Waals surface area (Å²) in [5.41, 5.74) is 1.79. The van der Waals surface area contributed by atoms with E-state index in [1.54, 1.807) is 17.5 Å². The Hall–Kier alpha value is -3.07. The second-order valence-electron chi connectivity index (χ2n) is 6.93. The van der Waals surface area contributed by atoms with Crippen molar-refractivity contribution in [2.45, 2.75) is 25.2 Å². The van der Waals surface area contributed by atoms with Gasteiger partial charge in [0.05, 0.1) is 18.3 Å². The monoisotopic (exact) mass is 409 g/mol. The lowest BCUT2D eigenvalue weighted by molar-refractivity contribution is -0.115. The van der Waals surface area contributed by atoms with Gasteiger partial charge in [-0.25, -0.2) is 4.98 Å². The van der Waals surface area contributed by atoms with Crippen LogP contribution in [0.2, 0.25) is 0 Å². The smallest absolute Gasteiger partial charge is 0.231 e. The molecule has 0 bridgehead atoms. The van der Waals surface area contributed by atoms with Gasteiger partial charge in [-0.1, -0.05) is 17.4 Å². The summed E-state index contributed by atoms with van der Waals surface area (Å²) in [5, 5.41) is 16.3. The van der Waals surface area contributed by atoms with Gasteiger partial charge in [-0.3, -0.25) is 9.78 Å². The predicted octanol–water partition coefficient (Wildman–Crippen LogP) is 2.94. The SMILES string of the molecule is CNc1nnc(C2CCCN(c3ccc(NC(=O)Cc4ccccn4)nc3)C2)s1. The molecule has 1 fully saturated rings. The largest absolute Gasteiger partial charge is 0.370 e. The minimum Gasteiger partial charge on any atom is -0.370 e. The van der Waals surface area contributed by atoms with Gasteiger partial charge in [0, 0.05) is 37.9 Å². The molecule has 3 aromatic heterocycles. The Balaban J connectivity index is 1.36. The summed E-state index contributed by atoms with van der Waals surface area (Å²) in [5.74, 6) is 0.797. The van der Waals surface area contributed by atoms with Gasteiger partial charge in [-0.15, -0.1) is 10.2 Å². The van der Waals surface area contributed by atoms with Gasteiger partial charge in [0.25, 0.3) is 0 Å². The maximum atomic E-state index is 12.2. The van der Waals surface area contributed by atoms with Crippen molar-refractivity contribution in [3.05, 3.63) is 53.4 Å². The van der Waals surface area contributed by atoms with Crippen LogP contribution in [-0.2, 0) is 11.2 Å². The van der Waals surface area contributed by atoms with Gasteiger partial charge in [-0.2, -0.15) is 0 Å². The number of carbonyl (C=O) groups is 1. The number of carbonyl (C=O) groups excluding carboxylic acids is 1. The summed E-state index contributed by atoms with van der Waals surface area (Å²) in [7, 11) is 1.86. The van der Waals surface area contributed by atoms with Crippen LogP contribution < -0.4 is 15.5 Å². The van der Waals surface area contributed by atoms with Crippen molar-refractivity contribution < 1.29 is 4.79 Å². The zero-order valence-electron chi connectivity index (χ0n) is 16.2. The molecule has 1 aliphatic rings. The Morgan fingerprint density at radius 3 is 2.90 bits per heavy atom. The zero-order chi connectivity index (χ0) is 20.1. The van der Waals surface area contributed by atoms with E-state index in [0.29, 0.717) is 11.7 Å². The Bertz CT molecular complexity index is 945. The first-order valence-electron chi connectivity index (χ1n) is 9.63. The number of nitrogens with one attached hydrogen (secondary N) is 2. The fourth-order valence-electron chi connectivity index (χ4n) is 3.42. The van der Waals surface area contributed by atoms with E-state index in [0.717, 1.165) is 47.5 Å². The Morgan fingerprint density at radius 1 is 1.24 bits per heavy atom. The second-order valence-corrected chi connectivity index (χ2v) is 7.94. The molecule has 8 nitrogen and oxygen atoms in total. The average molecular weight is 410 g/mol. The average Bonchev–Trinajstić information content (AvgIpc) is 3.24. The lowest BCUT2D eigenvalue weighted by Gasteiger charge is -2.33. The van der Waals surface area contributed by atoms with E-state index in [-0.39, 0.29) is 12.3 Å². The molecule has 4 heterocycles. The van der Waals surface area contributed by atoms with Crippen LogP contribution in [0, 0.1) is 0 Å². The lowest BCUT2D eigenvalue weighted by atomic mass is 9.98. The van der Waals surface area contributed by atoms with Crippen molar-refractivity contribution in [1.82, 2.24) is 20.2 Å². The van der Waals surface area contributed by atoms with Crippen LogP contribution in [0.3, 0.4) is 0 Å². The number of amides is 1. The maximum absolute atomic E-state index is 12.2. The molecule has 1 unspecified atom stereocenters. The molecule has 1 amide bonds. The zero-order valence-corrected chi connectivity index (χ0v) is 17.0. The van der Waals surface area contributed by atoms with Crippen LogP contribution in [0.1, 0.15) is 29.5 Å². The summed E-state index contributed by atoms with van der Waals surface area (Å²) in [6.07, 6.45) is 5.95. The Kier molecular flexibility index (Phi) is 5.95. The third-order valence-electron chi connectivity index (χ3n) is 4.87. The number of nitrogens with zero attached hydrogens (tertiary/aromatic N) is 5. The van der Waals surface area contributed by atoms with E-state index in [1.165, 1.54) is 0 Å². The molecule has 3 aromatic rings. The Morgan fingerprint density at radius 2 is 2.17 bits per heavy atom. The van der Waals surface area contributed by atoms with E-state index in [1.807, 2.05) is 43.6 Å². The van der Waals surface area contributed by atoms with E-state index < -0.39 is 0 Å². The summed E-state index contributed by atoms with van der Waals surface area (Å²) >= 11 is 1.62. The van der Waals surface area contributed by atoms with E-state index >= 15 is 0 Å². The summed E-state index contributed by atoms with van der Waals surface area (Å²) < 4.78 is 0. The standard InChI is InChI=1S/C20H23N7OS/c1-21-20-26-25-19(29-20)14-5-4-10-27(13-14)16-7-8-17(23-12-16)24-18(28)11-15-6-2-3-9-22-15/h2-3,6-9,12,14H,4-5,10-11,13H2,1H3,(H,21,26)(H,23,24,28). The molecule has 0 radical (unpaired) electrons. The summed E-state index contributed by atoms with van der Waals surface area (Å²) in [4.78, 5) is 23.1. The molecule has 0 saturated carbocycles. The van der Waals surface area contributed by atoms with Gasteiger partial charge in [0.2, 0.25) is 11.0 Å². The first-order chi connectivity index (χ1) is 14.2. The van der Waals surface area contributed by atoms with E-state index in [2.05, 4.69) is 35.7 Å². The van der Waals surface area contributed by atoms with Crippen LogP contribution in [0.25, 0.3) is 0 Å². The number of hydrogen-bond acceptors (Lipinski definition) is 8. The number of hydrogen-bond donors (Lipinski definition) is 2. The van der Waals surface area contributed by atoms with Crippen LogP contribution in [0.4, 0.5) is 16.6 Å². The number of anilines is 3. The third kappa shape index (κ3) is 4.86. The molecule has 0 spiro atoms. The van der Waals surface area contributed by atoms with Gasteiger partial charge < -0.3 is 15.5 Å². The van der Waals surface area contributed by atoms with Crippen molar-refractivity contribution >= 4 is 33.9 Å². The van der Waals surface area contributed by atoms with Crippen molar-refractivity contribution in [3.8, 4) is 0 Å². The molecule has 9 heteroatoms. The van der Waals surface area contributed by atoms with Crippen LogP contribution in [0.5, 0.6) is 0 Å². The maximum Gasteiger partial charge on any atom is 0.231 e. The third-order valence-corrected chi connectivity index (χ3v) is 5.98. The minimum atomic E-state index is -0.126. The van der Waals surface area contributed by atoms with Crippen molar-refractivity contribution in [3.63, 3.8) is 0 Å². The van der Waals surface area contributed by atoms with Crippen LogP contribution in [0.15, 0.2) is 42.7 Å². The fraction of sp³-hybridized carbons (Fsp3) is 0.350. The van der Waals surface area contributed by atoms with Crippen molar-refractivity contribution in [2.75, 3.05) is 35.7 Å². The molecular weight excluding hydrogens is 386 g/mol. The second kappa shape index (κ2) is 8.95. The van der Waals surface area contributed by atoms with E-state index in [9.17, 15) is 4.79 Å². The highest BCUT2D eigenvalue weighted by Gasteiger charge is 2.25. The molecule has 2 N–H and O–H groups in total. The van der Waals surface area contributed by atoms with Gasteiger partial charge in [0.15, 0.2) is 0 Å². The van der Waals surface area contributed by atoms with Gasteiger partial charge in [-0.05, 0) is 37.1 Å². The quantitative estimate of drug-likeness (QED) is 0.646. The minimum absolute atomic E-state index is 0.126. The number of aromatic nitrogens is 4. The molecule has 150 valence electrons. The highest BCUT2D eigenvalue weighted by Crippen LogP contribution is 2.32. The number of pyridine rings is 2. The number of rotatable bonds is 6. The topological polar surface area (TPSA) is 95.9 Å². The lowest BCUT2D eigenvalue weighted by Crippen LogP contribution is -2.34. The normalized spacial score (nSPS) is 16.4. The fourth-order valence-corrected chi connectivity index (χ4v) is 4.24. The number of piperidine rings is 1. The molecular formula is C20H23N7OS. The summed E-state index contributed by atoms with van der Waals surface area (Å²) in [6, 6.07) is 9.39. The molecule has 0 aliphatic carbocycles. The highest BCUT2D eigenvalue weighted by molar-refractivity contribution is 7.15. The van der Waals surface area contributed by atoms with Crippen molar-refractivity contribution in [2.24, 2.45) is 0 Å². The molecule has 29 heavy (non-hydrogen) atoms. The predicted molar refractivity (Wildman–Crippen MR) is 114 cm³/mol. The molecule has 1 saturated heterocycles. The first-order valence-corrected chi connectivity index (χ1v) is 10.4. The molecule has 0 aromatic carbocycles. The van der Waals surface area contributed by atoms with Crippen LogP contribution >= 0.6 is 11.3 Å². The molecule has 1 aliphatic heterocycles. The van der Waals surface area contributed by atoms with Crippen LogP contribution in [-0.4, -0.2) is 46.2 Å². The summed E-state index contributed by atoms with van der Waals surface area (Å²) in [6.45, 7) is 1.88. The van der Waals surface area contributed by atoms with Gasteiger partial charge >= 0.3 is 0 Å².